The van der Waals surface area contributed by atoms with Crippen LogP contribution in [0.5, 0.6) is 17.2 Å². The van der Waals surface area contributed by atoms with Gasteiger partial charge in [0.2, 0.25) is 5.82 Å². The highest BCUT2D eigenvalue weighted by Crippen LogP contribution is 2.35. The molecule has 1 aliphatic heterocycles. The van der Waals surface area contributed by atoms with Crippen molar-refractivity contribution in [3.8, 4) is 28.7 Å². The molecule has 2 heterocycles. The smallest absolute Gasteiger partial charge is 0.415 e. The SMILES string of the molecule is COc1ccc(OC(=O)N2CC(C(=O)O)[C@H](c3cccc(OCc4noc(-c5ccccc5)n4)c3)C2)cc1. The normalized spacial score (nSPS) is 16.7. The van der Waals surface area contributed by atoms with Crippen molar-refractivity contribution < 1.29 is 33.4 Å². The molecular formula is C28H25N3O7. The van der Waals surface area contributed by atoms with Gasteiger partial charge in [0.15, 0.2) is 6.61 Å². The van der Waals surface area contributed by atoms with Crippen LogP contribution in [0.25, 0.3) is 11.5 Å². The third kappa shape index (κ3) is 5.59. The molecule has 0 bridgehead atoms. The second kappa shape index (κ2) is 11.0. The van der Waals surface area contributed by atoms with Crippen LogP contribution in [0.1, 0.15) is 17.3 Å². The fourth-order valence-corrected chi connectivity index (χ4v) is 4.34. The van der Waals surface area contributed by atoms with Crippen molar-refractivity contribution in [1.82, 2.24) is 15.0 Å². The third-order valence-corrected chi connectivity index (χ3v) is 6.30. The van der Waals surface area contributed by atoms with E-state index in [1.54, 1.807) is 49.6 Å². The molecular weight excluding hydrogens is 490 g/mol. The number of aliphatic carboxylic acids is 1. The summed E-state index contributed by atoms with van der Waals surface area (Å²) >= 11 is 0. The second-order valence-corrected chi connectivity index (χ2v) is 8.74. The Hall–Kier alpha value is -4.86. The van der Waals surface area contributed by atoms with Crippen LogP contribution in [0.4, 0.5) is 4.79 Å². The van der Waals surface area contributed by atoms with E-state index in [4.69, 9.17) is 18.7 Å². The van der Waals surface area contributed by atoms with Gasteiger partial charge < -0.3 is 28.7 Å². The molecule has 1 aromatic heterocycles. The summed E-state index contributed by atoms with van der Waals surface area (Å²) in [6, 6.07) is 23.2. The Bertz CT molecular complexity index is 1410. The topological polar surface area (TPSA) is 124 Å². The number of hydrogen-bond donors (Lipinski definition) is 1. The van der Waals surface area contributed by atoms with E-state index in [0.29, 0.717) is 29.0 Å². The monoisotopic (exact) mass is 515 g/mol. The lowest BCUT2D eigenvalue weighted by atomic mass is 9.89. The zero-order valence-electron chi connectivity index (χ0n) is 20.5. The van der Waals surface area contributed by atoms with Gasteiger partial charge in [-0.3, -0.25) is 4.79 Å². The van der Waals surface area contributed by atoms with Crippen LogP contribution >= 0.6 is 0 Å². The van der Waals surface area contributed by atoms with E-state index in [2.05, 4.69) is 10.1 Å². The van der Waals surface area contributed by atoms with Crippen LogP contribution in [0.3, 0.4) is 0 Å². The van der Waals surface area contributed by atoms with Gasteiger partial charge in [-0.1, -0.05) is 35.5 Å². The standard InChI is InChI=1S/C28H25N3O7/c1-35-20-10-12-21(13-11-20)37-28(34)31-15-23(24(16-31)27(32)33)19-8-5-9-22(14-19)36-17-25-29-26(38-30-25)18-6-3-2-4-7-18/h2-14,23-24H,15-17H2,1H3,(H,32,33)/t23-,24?/m0/s1. The Morgan fingerprint density at radius 2 is 1.74 bits per heavy atom. The number of carbonyl (C=O) groups excluding carboxylic acids is 1. The quantitative estimate of drug-likeness (QED) is 0.358. The molecule has 1 saturated heterocycles. The van der Waals surface area contributed by atoms with E-state index in [1.807, 2.05) is 36.4 Å². The predicted molar refractivity (Wildman–Crippen MR) is 135 cm³/mol. The molecule has 0 spiro atoms. The molecule has 1 fully saturated rings. The summed E-state index contributed by atoms with van der Waals surface area (Å²) in [6.07, 6.45) is -0.609. The number of methoxy groups -OCH3 is 1. The number of aromatic nitrogens is 2. The maximum absolute atomic E-state index is 12.8. The number of amides is 1. The minimum atomic E-state index is -0.985. The van der Waals surface area contributed by atoms with Gasteiger partial charge in [-0.2, -0.15) is 4.98 Å². The summed E-state index contributed by atoms with van der Waals surface area (Å²) < 4.78 is 21.7. The van der Waals surface area contributed by atoms with Crippen LogP contribution in [0, 0.1) is 5.92 Å². The summed E-state index contributed by atoms with van der Waals surface area (Å²) in [5.41, 5.74) is 1.55. The maximum Gasteiger partial charge on any atom is 0.415 e. The zero-order chi connectivity index (χ0) is 26.5. The molecule has 2 atom stereocenters. The lowest BCUT2D eigenvalue weighted by Crippen LogP contribution is -2.32. The average Bonchev–Trinajstić information content (AvgIpc) is 3.61. The number of carbonyl (C=O) groups is 2. The Morgan fingerprint density at radius 1 is 0.974 bits per heavy atom. The molecule has 1 unspecified atom stereocenters. The Kier molecular flexibility index (Phi) is 7.21. The number of benzene rings is 3. The minimum Gasteiger partial charge on any atom is -0.497 e. The summed E-state index contributed by atoms with van der Waals surface area (Å²) in [4.78, 5) is 30.6. The zero-order valence-corrected chi connectivity index (χ0v) is 20.5. The second-order valence-electron chi connectivity index (χ2n) is 8.74. The molecule has 38 heavy (non-hydrogen) atoms. The van der Waals surface area contributed by atoms with Crippen LogP contribution in [0.2, 0.25) is 0 Å². The van der Waals surface area contributed by atoms with E-state index in [9.17, 15) is 14.7 Å². The first-order valence-electron chi connectivity index (χ1n) is 11.9. The molecule has 5 rings (SSSR count). The average molecular weight is 516 g/mol. The Balaban J connectivity index is 1.25. The number of hydrogen-bond acceptors (Lipinski definition) is 8. The molecule has 1 aliphatic rings. The first-order valence-corrected chi connectivity index (χ1v) is 11.9. The molecule has 194 valence electrons. The van der Waals surface area contributed by atoms with Gasteiger partial charge in [0.25, 0.3) is 5.89 Å². The van der Waals surface area contributed by atoms with Crippen molar-refractivity contribution in [2.24, 2.45) is 5.92 Å². The summed E-state index contributed by atoms with van der Waals surface area (Å²) in [6.45, 7) is 0.305. The van der Waals surface area contributed by atoms with Gasteiger partial charge >= 0.3 is 12.1 Å². The van der Waals surface area contributed by atoms with Gasteiger partial charge in [0.05, 0.1) is 13.0 Å². The lowest BCUT2D eigenvalue weighted by molar-refractivity contribution is -0.141. The molecule has 0 aliphatic carbocycles. The first-order chi connectivity index (χ1) is 18.5. The van der Waals surface area contributed by atoms with E-state index in [0.717, 1.165) is 11.1 Å². The summed E-state index contributed by atoms with van der Waals surface area (Å²) in [7, 11) is 1.55. The summed E-state index contributed by atoms with van der Waals surface area (Å²) in [5, 5.41) is 13.8. The number of likely N-dealkylation sites (tertiary alicyclic amines) is 1. The number of carboxylic acid groups (broad SMARTS) is 1. The molecule has 1 N–H and O–H groups in total. The lowest BCUT2D eigenvalue weighted by Gasteiger charge is -2.17. The van der Waals surface area contributed by atoms with E-state index in [1.165, 1.54) is 4.90 Å². The first kappa shape index (κ1) is 24.8. The van der Waals surface area contributed by atoms with E-state index >= 15 is 0 Å². The molecule has 10 nitrogen and oxygen atoms in total. The Labute approximate surface area is 218 Å². The van der Waals surface area contributed by atoms with Gasteiger partial charge in [-0.25, -0.2) is 4.79 Å². The number of carboxylic acids is 1. The van der Waals surface area contributed by atoms with E-state index < -0.39 is 23.9 Å². The number of ether oxygens (including phenoxy) is 3. The summed E-state index contributed by atoms with van der Waals surface area (Å²) in [5.74, 6) is 0.0705. The van der Waals surface area contributed by atoms with Crippen LogP contribution < -0.4 is 14.2 Å². The van der Waals surface area contributed by atoms with Crippen molar-refractivity contribution in [3.05, 3.63) is 90.3 Å². The minimum absolute atomic E-state index is 0.0329. The highest BCUT2D eigenvalue weighted by atomic mass is 16.6. The highest BCUT2D eigenvalue weighted by molar-refractivity contribution is 5.76. The van der Waals surface area contributed by atoms with Crippen molar-refractivity contribution in [3.63, 3.8) is 0 Å². The van der Waals surface area contributed by atoms with Crippen LogP contribution in [-0.2, 0) is 11.4 Å². The molecule has 1 amide bonds. The molecule has 10 heteroatoms. The van der Waals surface area contributed by atoms with E-state index in [-0.39, 0.29) is 19.7 Å². The van der Waals surface area contributed by atoms with Gasteiger partial charge in [0.1, 0.15) is 17.2 Å². The van der Waals surface area contributed by atoms with Crippen molar-refractivity contribution >= 4 is 12.1 Å². The van der Waals surface area contributed by atoms with Gasteiger partial charge in [0, 0.05) is 24.6 Å². The van der Waals surface area contributed by atoms with Crippen LogP contribution in [-0.4, -0.2) is 52.4 Å². The third-order valence-electron chi connectivity index (χ3n) is 6.30. The fraction of sp³-hybridized carbons (Fsp3) is 0.214. The largest absolute Gasteiger partial charge is 0.497 e. The van der Waals surface area contributed by atoms with Crippen molar-refractivity contribution in [1.29, 1.82) is 0 Å². The molecule has 3 aromatic carbocycles. The maximum atomic E-state index is 12.8. The molecule has 4 aromatic rings. The number of rotatable bonds is 8. The van der Waals surface area contributed by atoms with Crippen LogP contribution in [0.15, 0.2) is 83.4 Å². The predicted octanol–water partition coefficient (Wildman–Crippen LogP) is 4.62. The van der Waals surface area contributed by atoms with Crippen molar-refractivity contribution in [2.75, 3.05) is 20.2 Å². The fourth-order valence-electron chi connectivity index (χ4n) is 4.34. The van der Waals surface area contributed by atoms with Gasteiger partial charge in [-0.05, 0) is 54.1 Å². The highest BCUT2D eigenvalue weighted by Gasteiger charge is 2.41. The van der Waals surface area contributed by atoms with Gasteiger partial charge in [-0.15, -0.1) is 0 Å². The van der Waals surface area contributed by atoms with Crippen molar-refractivity contribution in [2.45, 2.75) is 12.5 Å². The Morgan fingerprint density at radius 3 is 2.47 bits per heavy atom. The molecule has 0 saturated carbocycles. The molecule has 0 radical (unpaired) electrons. The number of nitrogens with zero attached hydrogens (tertiary/aromatic N) is 3.